The summed E-state index contributed by atoms with van der Waals surface area (Å²) < 4.78 is 48.1. The van der Waals surface area contributed by atoms with Crippen molar-refractivity contribution < 1.29 is 51.8 Å². The highest BCUT2D eigenvalue weighted by atomic mass is 32.3. The van der Waals surface area contributed by atoms with Crippen LogP contribution in [0.3, 0.4) is 0 Å². The number of hydrogen-bond donors (Lipinski definition) is 6. The third-order valence-corrected chi connectivity index (χ3v) is 16.7. The quantitative estimate of drug-likeness (QED) is 0.0193. The van der Waals surface area contributed by atoms with Gasteiger partial charge in [0.2, 0.25) is 5.91 Å². The van der Waals surface area contributed by atoms with E-state index < -0.39 is 59.9 Å². The van der Waals surface area contributed by atoms with E-state index in [0.29, 0.717) is 12.8 Å². The third kappa shape index (κ3) is 47.6. The molecule has 12 nitrogen and oxygen atoms in total. The van der Waals surface area contributed by atoms with Crippen LogP contribution in [0.25, 0.3) is 0 Å². The molecule has 0 aromatic carbocycles. The van der Waals surface area contributed by atoms with Crippen LogP contribution in [-0.4, -0.2) is 95.4 Å². The molecule has 13 heteroatoms. The van der Waals surface area contributed by atoms with Gasteiger partial charge in [-0.3, -0.25) is 9.35 Å². The maximum atomic E-state index is 13.2. The molecule has 1 saturated heterocycles. The Labute approximate surface area is 486 Å². The Morgan fingerprint density at radius 2 is 0.848 bits per heavy atom. The van der Waals surface area contributed by atoms with Crippen LogP contribution in [-0.2, 0) is 28.9 Å². The van der Waals surface area contributed by atoms with Crippen molar-refractivity contribution in [3.05, 3.63) is 24.3 Å². The number of rotatable bonds is 60. The van der Waals surface area contributed by atoms with E-state index in [1.807, 2.05) is 0 Å². The minimum atomic E-state index is -5.08. The molecule has 468 valence electrons. The normalized spacial score (nSPS) is 18.8. The van der Waals surface area contributed by atoms with Gasteiger partial charge in [0.1, 0.15) is 24.4 Å². The average Bonchev–Trinajstić information content (AvgIpc) is 3.44. The number of allylic oxidation sites excluding steroid dienone is 4. The molecule has 1 aliphatic heterocycles. The minimum Gasteiger partial charge on any atom is -0.394 e. The zero-order valence-corrected chi connectivity index (χ0v) is 52.0. The largest absolute Gasteiger partial charge is 0.397 e. The molecule has 7 atom stereocenters. The van der Waals surface area contributed by atoms with E-state index in [2.05, 4.69) is 47.7 Å². The fraction of sp³-hybridized carbons (Fsp3) is 0.924. The molecule has 0 spiro atoms. The van der Waals surface area contributed by atoms with E-state index in [4.69, 9.17) is 9.47 Å². The standard InChI is InChI=1S/C66H127NO11S/c1-3-5-7-9-11-13-15-17-19-21-23-25-26-27-28-29-30-31-32-33-34-36-38-40-42-44-46-48-50-52-54-56-62(70)67-59(58-76-66-64(72)65(78-79(73,74)75)63(71)61(57-68)77-66)60(69)55-53-51-49-47-45-43-41-39-37-35-24-22-20-18-16-14-12-10-8-6-4-2/h23,25,27-28,59-61,63-66,68-69,71-72H,3-22,24,26,29-58H2,1-2H3,(H,67,70)(H,73,74,75)/b25-23-,28-27-. The lowest BCUT2D eigenvalue weighted by atomic mass is 9.99. The molecule has 1 heterocycles. The third-order valence-electron chi connectivity index (χ3n) is 16.3. The highest BCUT2D eigenvalue weighted by molar-refractivity contribution is 7.80. The van der Waals surface area contributed by atoms with Gasteiger partial charge in [-0.25, -0.2) is 4.18 Å². The number of amides is 1. The molecular formula is C66H127NO11S. The Kier molecular flexibility index (Phi) is 53.3. The maximum absolute atomic E-state index is 13.2. The Morgan fingerprint density at radius 1 is 0.506 bits per heavy atom. The highest BCUT2D eigenvalue weighted by Crippen LogP contribution is 2.26. The summed E-state index contributed by atoms with van der Waals surface area (Å²) in [6.07, 6.45) is 62.0. The lowest BCUT2D eigenvalue weighted by Gasteiger charge is -2.41. The molecule has 0 aromatic rings. The SMILES string of the molecule is CCCCCCCCCCC/C=C\C/C=C\CCCCCCCCCCCCCCCCCC(=O)NC(COC1OC(CO)C(O)C(OS(=O)(=O)O)C1O)C(O)CCCCCCCCCCCCCCCCCCCCCCC. The maximum Gasteiger partial charge on any atom is 0.397 e. The van der Waals surface area contributed by atoms with Gasteiger partial charge in [0.25, 0.3) is 0 Å². The van der Waals surface area contributed by atoms with E-state index in [1.54, 1.807) is 0 Å². The molecule has 6 N–H and O–H groups in total. The lowest BCUT2D eigenvalue weighted by Crippen LogP contribution is -2.61. The van der Waals surface area contributed by atoms with Crippen molar-refractivity contribution in [2.24, 2.45) is 0 Å². The molecule has 1 amide bonds. The average molecular weight is 1140 g/mol. The van der Waals surface area contributed by atoms with Gasteiger partial charge in [-0.15, -0.1) is 0 Å². The second kappa shape index (κ2) is 55.8. The number of ether oxygens (including phenoxy) is 2. The Morgan fingerprint density at radius 3 is 1.20 bits per heavy atom. The number of nitrogens with one attached hydrogen (secondary N) is 1. The summed E-state index contributed by atoms with van der Waals surface area (Å²) in [5, 5.41) is 45.3. The first-order valence-electron chi connectivity index (χ1n) is 33.7. The molecule has 0 bridgehead atoms. The van der Waals surface area contributed by atoms with Crippen molar-refractivity contribution in [1.29, 1.82) is 0 Å². The van der Waals surface area contributed by atoms with Crippen molar-refractivity contribution in [1.82, 2.24) is 5.32 Å². The fourth-order valence-electron chi connectivity index (χ4n) is 11.1. The van der Waals surface area contributed by atoms with Gasteiger partial charge in [0.05, 0.1) is 25.4 Å². The zero-order valence-electron chi connectivity index (χ0n) is 51.2. The van der Waals surface area contributed by atoms with Gasteiger partial charge in [-0.05, 0) is 44.9 Å². The Bertz CT molecular complexity index is 1480. The van der Waals surface area contributed by atoms with Crippen molar-refractivity contribution in [3.8, 4) is 0 Å². The topological polar surface area (TPSA) is 192 Å². The molecule has 79 heavy (non-hydrogen) atoms. The predicted molar refractivity (Wildman–Crippen MR) is 329 cm³/mol. The molecular weight excluding hydrogens is 1010 g/mol. The molecule has 1 aliphatic rings. The van der Waals surface area contributed by atoms with Crippen LogP contribution in [0.2, 0.25) is 0 Å². The number of hydrogen-bond acceptors (Lipinski definition) is 10. The summed E-state index contributed by atoms with van der Waals surface area (Å²) >= 11 is 0. The minimum absolute atomic E-state index is 0.224. The molecule has 0 radical (unpaired) electrons. The zero-order chi connectivity index (χ0) is 57.5. The van der Waals surface area contributed by atoms with Gasteiger partial charge in [-0.2, -0.15) is 8.42 Å². The molecule has 0 aliphatic carbocycles. The Hall–Kier alpha value is -1.42. The summed E-state index contributed by atoms with van der Waals surface area (Å²) in [6.45, 7) is 3.51. The summed E-state index contributed by atoms with van der Waals surface area (Å²) in [6, 6.07) is -0.858. The molecule has 1 rings (SSSR count). The van der Waals surface area contributed by atoms with E-state index in [9.17, 15) is 38.2 Å². The summed E-state index contributed by atoms with van der Waals surface area (Å²) in [5.41, 5.74) is 0. The van der Waals surface area contributed by atoms with Crippen LogP contribution in [0, 0.1) is 0 Å². The number of carbonyl (C=O) groups is 1. The van der Waals surface area contributed by atoms with Gasteiger partial charge >= 0.3 is 10.4 Å². The summed E-state index contributed by atoms with van der Waals surface area (Å²) in [5.74, 6) is -0.224. The van der Waals surface area contributed by atoms with Crippen LogP contribution in [0.5, 0.6) is 0 Å². The van der Waals surface area contributed by atoms with Gasteiger partial charge < -0.3 is 35.2 Å². The van der Waals surface area contributed by atoms with Crippen LogP contribution in [0.4, 0.5) is 0 Å². The number of aliphatic hydroxyl groups excluding tert-OH is 4. The van der Waals surface area contributed by atoms with Crippen molar-refractivity contribution >= 4 is 16.3 Å². The second-order valence-corrected chi connectivity index (χ2v) is 24.8. The molecule has 0 saturated carbocycles. The van der Waals surface area contributed by atoms with E-state index in [0.717, 1.165) is 57.8 Å². The number of carbonyl (C=O) groups excluding carboxylic acids is 1. The van der Waals surface area contributed by atoms with Crippen molar-refractivity contribution in [3.63, 3.8) is 0 Å². The first kappa shape index (κ1) is 75.6. The van der Waals surface area contributed by atoms with Crippen molar-refractivity contribution in [2.75, 3.05) is 13.2 Å². The van der Waals surface area contributed by atoms with E-state index in [1.165, 1.54) is 250 Å². The van der Waals surface area contributed by atoms with E-state index >= 15 is 0 Å². The summed E-state index contributed by atoms with van der Waals surface area (Å²) in [4.78, 5) is 13.2. The van der Waals surface area contributed by atoms with Crippen molar-refractivity contribution in [2.45, 2.75) is 378 Å². The van der Waals surface area contributed by atoms with Gasteiger partial charge in [0, 0.05) is 6.42 Å². The van der Waals surface area contributed by atoms with Crippen LogP contribution < -0.4 is 5.32 Å². The van der Waals surface area contributed by atoms with Crippen LogP contribution >= 0.6 is 0 Å². The first-order valence-corrected chi connectivity index (χ1v) is 35.1. The van der Waals surface area contributed by atoms with Gasteiger partial charge in [-0.1, -0.05) is 308 Å². The highest BCUT2D eigenvalue weighted by Gasteiger charge is 2.48. The summed E-state index contributed by atoms with van der Waals surface area (Å²) in [7, 11) is -5.08. The Balaban J connectivity index is 2.24. The predicted octanol–water partition coefficient (Wildman–Crippen LogP) is 17.1. The smallest absolute Gasteiger partial charge is 0.394 e. The molecule has 0 aromatic heterocycles. The lowest BCUT2D eigenvalue weighted by molar-refractivity contribution is -0.298. The van der Waals surface area contributed by atoms with Crippen LogP contribution in [0.1, 0.15) is 335 Å². The molecule has 1 fully saturated rings. The molecule has 7 unspecified atom stereocenters. The first-order chi connectivity index (χ1) is 38.5. The van der Waals surface area contributed by atoms with Crippen LogP contribution in [0.15, 0.2) is 24.3 Å². The number of unbranched alkanes of at least 4 members (excludes halogenated alkanes) is 44. The van der Waals surface area contributed by atoms with Gasteiger partial charge in [0.15, 0.2) is 6.29 Å². The second-order valence-electron chi connectivity index (χ2n) is 23.8. The van der Waals surface area contributed by atoms with E-state index in [-0.39, 0.29) is 12.5 Å². The number of aliphatic hydroxyl groups is 4. The monoisotopic (exact) mass is 1140 g/mol. The fourth-order valence-corrected chi connectivity index (χ4v) is 11.6.